The highest BCUT2D eigenvalue weighted by Crippen LogP contribution is 2.27. The van der Waals surface area contributed by atoms with Crippen LogP contribution in [-0.4, -0.2) is 72.2 Å². The minimum Gasteiger partial charge on any atom is -0.481 e. The summed E-state index contributed by atoms with van der Waals surface area (Å²) in [5, 5.41) is 9.31. The summed E-state index contributed by atoms with van der Waals surface area (Å²) in [6.07, 6.45) is 0. The van der Waals surface area contributed by atoms with Crippen LogP contribution < -0.4 is 0 Å². The molecule has 6 nitrogen and oxygen atoms in total. The normalized spacial score (nSPS) is 28.9. The standard InChI is InChI=1S/C13H22N2O4/c1-9(2)15-7-10(11(8-15)13(17)18)12(16)14-3-5-19-6-4-14/h9-11H,3-8H2,1-2H3,(H,17,18)/t10-,11+/m0/s1. The Morgan fingerprint density at radius 2 is 1.74 bits per heavy atom. The molecule has 2 fully saturated rings. The Labute approximate surface area is 113 Å². The Kier molecular flexibility index (Phi) is 4.42. The fourth-order valence-corrected chi connectivity index (χ4v) is 2.77. The number of carbonyl (C=O) groups excluding carboxylic acids is 1. The van der Waals surface area contributed by atoms with Crippen LogP contribution in [0.4, 0.5) is 0 Å². The zero-order valence-electron chi connectivity index (χ0n) is 11.5. The first kappa shape index (κ1) is 14.3. The van der Waals surface area contributed by atoms with Gasteiger partial charge in [-0.1, -0.05) is 0 Å². The van der Waals surface area contributed by atoms with Gasteiger partial charge in [0.2, 0.25) is 5.91 Å². The molecule has 0 bridgehead atoms. The van der Waals surface area contributed by atoms with Crippen molar-refractivity contribution in [3.63, 3.8) is 0 Å². The van der Waals surface area contributed by atoms with Gasteiger partial charge in [0.05, 0.1) is 25.0 Å². The molecule has 0 unspecified atom stereocenters. The lowest BCUT2D eigenvalue weighted by atomic mass is 9.94. The van der Waals surface area contributed by atoms with E-state index in [0.717, 1.165) is 0 Å². The number of carboxylic acid groups (broad SMARTS) is 1. The third kappa shape index (κ3) is 3.06. The molecule has 0 aromatic carbocycles. The molecule has 108 valence electrons. The maximum atomic E-state index is 12.5. The smallest absolute Gasteiger partial charge is 0.308 e. The minimum absolute atomic E-state index is 0.0288. The van der Waals surface area contributed by atoms with Gasteiger partial charge in [0, 0.05) is 32.2 Å². The molecule has 0 saturated carbocycles. The van der Waals surface area contributed by atoms with Crippen molar-refractivity contribution in [1.82, 2.24) is 9.80 Å². The van der Waals surface area contributed by atoms with Gasteiger partial charge in [0.25, 0.3) is 0 Å². The molecule has 2 aliphatic rings. The van der Waals surface area contributed by atoms with E-state index in [1.54, 1.807) is 4.90 Å². The van der Waals surface area contributed by atoms with E-state index in [1.807, 2.05) is 13.8 Å². The van der Waals surface area contributed by atoms with Gasteiger partial charge < -0.3 is 14.7 Å². The Morgan fingerprint density at radius 3 is 2.26 bits per heavy atom. The zero-order chi connectivity index (χ0) is 14.0. The second-order valence-corrected chi connectivity index (χ2v) is 5.54. The number of rotatable bonds is 3. The second kappa shape index (κ2) is 5.88. The predicted molar refractivity (Wildman–Crippen MR) is 68.7 cm³/mol. The van der Waals surface area contributed by atoms with Crippen molar-refractivity contribution in [3.8, 4) is 0 Å². The average molecular weight is 270 g/mol. The van der Waals surface area contributed by atoms with E-state index < -0.39 is 17.8 Å². The number of amides is 1. The van der Waals surface area contributed by atoms with Crippen LogP contribution in [0.2, 0.25) is 0 Å². The summed E-state index contributed by atoms with van der Waals surface area (Å²) in [6.45, 7) is 7.31. The number of hydrogen-bond donors (Lipinski definition) is 1. The molecule has 0 radical (unpaired) electrons. The summed E-state index contributed by atoms with van der Waals surface area (Å²) < 4.78 is 5.23. The number of aliphatic carboxylic acids is 1. The van der Waals surface area contributed by atoms with E-state index in [4.69, 9.17) is 4.74 Å². The number of morpholine rings is 1. The van der Waals surface area contributed by atoms with E-state index in [-0.39, 0.29) is 11.9 Å². The number of carbonyl (C=O) groups is 2. The molecule has 0 aromatic rings. The summed E-state index contributed by atoms with van der Waals surface area (Å²) in [5.74, 6) is -1.90. The SMILES string of the molecule is CC(C)N1C[C@H](C(=O)N2CCOCC2)[C@H](C(=O)O)C1. The molecule has 2 aliphatic heterocycles. The lowest BCUT2D eigenvalue weighted by Crippen LogP contribution is -2.46. The quantitative estimate of drug-likeness (QED) is 0.774. The fourth-order valence-electron chi connectivity index (χ4n) is 2.77. The van der Waals surface area contributed by atoms with Crippen LogP contribution in [0.1, 0.15) is 13.8 Å². The lowest BCUT2D eigenvalue weighted by Gasteiger charge is -2.30. The molecule has 6 heteroatoms. The van der Waals surface area contributed by atoms with Crippen LogP contribution in [0, 0.1) is 11.8 Å². The van der Waals surface area contributed by atoms with Gasteiger partial charge in [0.1, 0.15) is 0 Å². The highest BCUT2D eigenvalue weighted by Gasteiger charge is 2.44. The molecule has 19 heavy (non-hydrogen) atoms. The molecular weight excluding hydrogens is 248 g/mol. The molecule has 2 saturated heterocycles. The van der Waals surface area contributed by atoms with E-state index in [1.165, 1.54) is 0 Å². The predicted octanol–water partition coefficient (Wildman–Crippen LogP) is -0.114. The van der Waals surface area contributed by atoms with Crippen molar-refractivity contribution in [3.05, 3.63) is 0 Å². The van der Waals surface area contributed by atoms with E-state index >= 15 is 0 Å². The highest BCUT2D eigenvalue weighted by atomic mass is 16.5. The maximum absolute atomic E-state index is 12.5. The third-order valence-corrected chi connectivity index (χ3v) is 4.04. The van der Waals surface area contributed by atoms with Crippen molar-refractivity contribution in [2.75, 3.05) is 39.4 Å². The summed E-state index contributed by atoms with van der Waals surface area (Å²) >= 11 is 0. The first-order chi connectivity index (χ1) is 9.00. The molecule has 1 N–H and O–H groups in total. The number of ether oxygens (including phenoxy) is 1. The topological polar surface area (TPSA) is 70.1 Å². The van der Waals surface area contributed by atoms with Crippen molar-refractivity contribution < 1.29 is 19.4 Å². The molecule has 2 heterocycles. The van der Waals surface area contributed by atoms with E-state index in [9.17, 15) is 14.7 Å². The van der Waals surface area contributed by atoms with Gasteiger partial charge in [-0.05, 0) is 13.8 Å². The monoisotopic (exact) mass is 270 g/mol. The van der Waals surface area contributed by atoms with Crippen molar-refractivity contribution in [2.45, 2.75) is 19.9 Å². The van der Waals surface area contributed by atoms with Gasteiger partial charge in [-0.3, -0.25) is 14.5 Å². The van der Waals surface area contributed by atoms with Crippen LogP contribution in [0.3, 0.4) is 0 Å². The number of carboxylic acids is 1. The summed E-state index contributed by atoms with van der Waals surface area (Å²) in [7, 11) is 0. The van der Waals surface area contributed by atoms with Crippen LogP contribution in [0.15, 0.2) is 0 Å². The first-order valence-corrected chi connectivity index (χ1v) is 6.84. The lowest BCUT2D eigenvalue weighted by molar-refractivity contribution is -0.149. The van der Waals surface area contributed by atoms with Crippen LogP contribution in [-0.2, 0) is 14.3 Å². The van der Waals surface area contributed by atoms with E-state index in [2.05, 4.69) is 4.90 Å². The number of likely N-dealkylation sites (tertiary alicyclic amines) is 1. The second-order valence-electron chi connectivity index (χ2n) is 5.54. The fraction of sp³-hybridized carbons (Fsp3) is 0.846. The van der Waals surface area contributed by atoms with Gasteiger partial charge in [-0.15, -0.1) is 0 Å². The van der Waals surface area contributed by atoms with Crippen LogP contribution in [0.25, 0.3) is 0 Å². The minimum atomic E-state index is -0.866. The Morgan fingerprint density at radius 1 is 1.16 bits per heavy atom. The zero-order valence-corrected chi connectivity index (χ0v) is 11.5. The van der Waals surface area contributed by atoms with Crippen molar-refractivity contribution in [1.29, 1.82) is 0 Å². The van der Waals surface area contributed by atoms with E-state index in [0.29, 0.717) is 39.4 Å². The highest BCUT2D eigenvalue weighted by molar-refractivity contribution is 5.85. The third-order valence-electron chi connectivity index (χ3n) is 4.04. The molecule has 0 spiro atoms. The van der Waals surface area contributed by atoms with Gasteiger partial charge in [0.15, 0.2) is 0 Å². The van der Waals surface area contributed by atoms with Gasteiger partial charge in [-0.2, -0.15) is 0 Å². The van der Waals surface area contributed by atoms with Crippen LogP contribution in [0.5, 0.6) is 0 Å². The number of hydrogen-bond acceptors (Lipinski definition) is 4. The maximum Gasteiger partial charge on any atom is 0.308 e. The summed E-state index contributed by atoms with van der Waals surface area (Å²) in [4.78, 5) is 27.6. The van der Waals surface area contributed by atoms with Crippen LogP contribution >= 0.6 is 0 Å². The van der Waals surface area contributed by atoms with Gasteiger partial charge >= 0.3 is 5.97 Å². The van der Waals surface area contributed by atoms with Crippen molar-refractivity contribution in [2.24, 2.45) is 11.8 Å². The Hall–Kier alpha value is -1.14. The summed E-state index contributed by atoms with van der Waals surface area (Å²) in [5.41, 5.74) is 0. The molecular formula is C13H22N2O4. The number of nitrogens with zero attached hydrogens (tertiary/aromatic N) is 2. The first-order valence-electron chi connectivity index (χ1n) is 6.84. The van der Waals surface area contributed by atoms with Crippen molar-refractivity contribution >= 4 is 11.9 Å². The average Bonchev–Trinajstić information content (AvgIpc) is 2.84. The Balaban J connectivity index is 2.07. The largest absolute Gasteiger partial charge is 0.481 e. The molecule has 0 aromatic heterocycles. The molecule has 1 amide bonds. The summed E-state index contributed by atoms with van der Waals surface area (Å²) in [6, 6.07) is 0.268. The molecule has 2 rings (SSSR count). The molecule has 2 atom stereocenters. The Bertz CT molecular complexity index is 353. The van der Waals surface area contributed by atoms with Gasteiger partial charge in [-0.25, -0.2) is 0 Å². The molecule has 0 aliphatic carbocycles.